The molecule has 0 aliphatic rings. The first-order valence-electron chi connectivity index (χ1n) is 6.65. The average molecular weight is 290 g/mol. The Kier molecular flexibility index (Phi) is 4.64. The van der Waals surface area contributed by atoms with E-state index in [4.69, 9.17) is 5.73 Å². The number of nitrogens with zero attached hydrogens (tertiary/aromatic N) is 6. The van der Waals surface area contributed by atoms with Crippen LogP contribution in [0.5, 0.6) is 0 Å². The second-order valence-electron chi connectivity index (χ2n) is 4.21. The smallest absolute Gasteiger partial charge is 0.241 e. The highest BCUT2D eigenvalue weighted by Gasteiger charge is 2.11. The Labute approximate surface area is 122 Å². The van der Waals surface area contributed by atoms with Gasteiger partial charge in [0.25, 0.3) is 0 Å². The molecule has 0 fully saturated rings. The van der Waals surface area contributed by atoms with Gasteiger partial charge in [-0.25, -0.2) is 4.98 Å². The van der Waals surface area contributed by atoms with Crippen LogP contribution in [0.15, 0.2) is 18.7 Å². The molecule has 0 saturated carbocycles. The molecule has 2 aromatic rings. The fraction of sp³-hybridized carbons (Fsp3) is 0.417. The molecule has 1 amide bonds. The van der Waals surface area contributed by atoms with Crippen LogP contribution in [0.1, 0.15) is 13.8 Å². The lowest BCUT2D eigenvalue weighted by atomic mass is 10.4. The maximum Gasteiger partial charge on any atom is 0.241 e. The largest absolute Gasteiger partial charge is 0.368 e. The Balaban J connectivity index is 2.09. The van der Waals surface area contributed by atoms with Gasteiger partial charge in [-0.3, -0.25) is 9.36 Å². The van der Waals surface area contributed by atoms with Gasteiger partial charge in [0.2, 0.25) is 23.8 Å². The van der Waals surface area contributed by atoms with Crippen molar-refractivity contribution in [3.05, 3.63) is 18.7 Å². The topological polar surface area (TPSA) is 115 Å². The van der Waals surface area contributed by atoms with Crippen LogP contribution in [-0.2, 0) is 4.79 Å². The summed E-state index contributed by atoms with van der Waals surface area (Å²) in [5.41, 5.74) is 5.65. The first-order chi connectivity index (χ1) is 10.1. The van der Waals surface area contributed by atoms with Gasteiger partial charge in [0.05, 0.1) is 6.54 Å². The highest BCUT2D eigenvalue weighted by atomic mass is 16.2. The van der Waals surface area contributed by atoms with Crippen LogP contribution in [-0.4, -0.2) is 54.9 Å². The number of nitrogens with two attached hydrogens (primary N) is 1. The number of nitrogens with one attached hydrogen (secondary N) is 1. The van der Waals surface area contributed by atoms with E-state index in [1.54, 1.807) is 28.2 Å². The molecular weight excluding hydrogens is 272 g/mol. The number of aromatic nitrogens is 5. The van der Waals surface area contributed by atoms with Crippen LogP contribution in [0.2, 0.25) is 0 Å². The fourth-order valence-electron chi connectivity index (χ4n) is 1.80. The normalized spacial score (nSPS) is 10.4. The van der Waals surface area contributed by atoms with E-state index in [1.165, 1.54) is 0 Å². The summed E-state index contributed by atoms with van der Waals surface area (Å²) in [6.45, 7) is 5.29. The van der Waals surface area contributed by atoms with Gasteiger partial charge in [0.15, 0.2) is 0 Å². The lowest BCUT2D eigenvalue weighted by molar-refractivity contribution is -0.128. The monoisotopic (exact) mass is 290 g/mol. The molecule has 0 atom stereocenters. The Morgan fingerprint density at radius 3 is 2.71 bits per heavy atom. The van der Waals surface area contributed by atoms with Crippen molar-refractivity contribution in [3.63, 3.8) is 0 Å². The zero-order valence-electron chi connectivity index (χ0n) is 12.0. The number of amides is 1. The summed E-state index contributed by atoms with van der Waals surface area (Å²) in [6, 6.07) is 0. The van der Waals surface area contributed by atoms with Crippen molar-refractivity contribution in [1.29, 1.82) is 0 Å². The van der Waals surface area contributed by atoms with Crippen molar-refractivity contribution in [2.45, 2.75) is 13.8 Å². The van der Waals surface area contributed by atoms with Crippen LogP contribution < -0.4 is 11.1 Å². The molecular formula is C12H18N8O. The van der Waals surface area contributed by atoms with Crippen molar-refractivity contribution in [2.75, 3.05) is 30.7 Å². The Morgan fingerprint density at radius 1 is 1.33 bits per heavy atom. The summed E-state index contributed by atoms with van der Waals surface area (Å²) in [7, 11) is 0. The molecule has 0 aliphatic heterocycles. The van der Waals surface area contributed by atoms with Gasteiger partial charge in [0.1, 0.15) is 6.33 Å². The third-order valence-electron chi connectivity index (χ3n) is 2.89. The van der Waals surface area contributed by atoms with E-state index in [1.807, 2.05) is 13.8 Å². The molecule has 0 aliphatic carbocycles. The van der Waals surface area contributed by atoms with Crippen molar-refractivity contribution in [2.24, 2.45) is 0 Å². The van der Waals surface area contributed by atoms with Crippen molar-refractivity contribution < 1.29 is 4.79 Å². The zero-order chi connectivity index (χ0) is 15.2. The second-order valence-corrected chi connectivity index (χ2v) is 4.21. The van der Waals surface area contributed by atoms with Gasteiger partial charge < -0.3 is 16.0 Å². The molecule has 21 heavy (non-hydrogen) atoms. The molecule has 2 aromatic heterocycles. The summed E-state index contributed by atoms with van der Waals surface area (Å²) >= 11 is 0. The number of hydrogen-bond donors (Lipinski definition) is 2. The Bertz CT molecular complexity index is 593. The fourth-order valence-corrected chi connectivity index (χ4v) is 1.80. The Hall–Kier alpha value is -2.71. The van der Waals surface area contributed by atoms with Crippen LogP contribution in [0.3, 0.4) is 0 Å². The van der Waals surface area contributed by atoms with Gasteiger partial charge in [0, 0.05) is 25.5 Å². The van der Waals surface area contributed by atoms with Crippen molar-refractivity contribution in [1.82, 2.24) is 29.4 Å². The molecule has 0 radical (unpaired) electrons. The highest BCUT2D eigenvalue weighted by Crippen LogP contribution is 2.06. The lowest BCUT2D eigenvalue weighted by Crippen LogP contribution is -2.35. The van der Waals surface area contributed by atoms with Crippen LogP contribution in [0.4, 0.5) is 11.9 Å². The zero-order valence-corrected chi connectivity index (χ0v) is 12.0. The maximum absolute atomic E-state index is 11.9. The third-order valence-corrected chi connectivity index (χ3v) is 2.89. The van der Waals surface area contributed by atoms with Gasteiger partial charge in [-0.2, -0.15) is 15.0 Å². The van der Waals surface area contributed by atoms with Crippen LogP contribution >= 0.6 is 0 Å². The molecule has 2 rings (SSSR count). The van der Waals surface area contributed by atoms with Gasteiger partial charge in [-0.05, 0) is 13.8 Å². The second kappa shape index (κ2) is 6.64. The van der Waals surface area contributed by atoms with E-state index >= 15 is 0 Å². The summed E-state index contributed by atoms with van der Waals surface area (Å²) in [5, 5.41) is 2.87. The predicted molar refractivity (Wildman–Crippen MR) is 77.8 cm³/mol. The molecule has 112 valence electrons. The van der Waals surface area contributed by atoms with E-state index in [0.29, 0.717) is 19.0 Å². The van der Waals surface area contributed by atoms with Gasteiger partial charge in [-0.15, -0.1) is 0 Å². The van der Waals surface area contributed by atoms with E-state index < -0.39 is 0 Å². The van der Waals surface area contributed by atoms with E-state index in [-0.39, 0.29) is 24.3 Å². The number of imidazole rings is 1. The van der Waals surface area contributed by atoms with Gasteiger partial charge in [-0.1, -0.05) is 0 Å². The van der Waals surface area contributed by atoms with Gasteiger partial charge >= 0.3 is 0 Å². The summed E-state index contributed by atoms with van der Waals surface area (Å²) in [6.07, 6.45) is 4.86. The number of anilines is 2. The summed E-state index contributed by atoms with van der Waals surface area (Å²) < 4.78 is 1.61. The average Bonchev–Trinajstić information content (AvgIpc) is 3.00. The summed E-state index contributed by atoms with van der Waals surface area (Å²) in [4.78, 5) is 29.7. The quantitative estimate of drug-likeness (QED) is 0.764. The lowest BCUT2D eigenvalue weighted by Gasteiger charge is -2.18. The standard InChI is InChI=1S/C12H18N8O/c1-3-19(4-2)9(21)7-15-11-16-10(13)17-12(18-11)20-6-5-14-8-20/h5-6,8H,3-4,7H2,1-2H3,(H3,13,15,16,17,18). The maximum atomic E-state index is 11.9. The molecule has 2 heterocycles. The molecule has 0 saturated heterocycles. The predicted octanol–water partition coefficient (Wildman–Crippen LogP) is -0.0802. The van der Waals surface area contributed by atoms with Crippen molar-refractivity contribution >= 4 is 17.8 Å². The molecule has 9 heteroatoms. The number of carbonyl (C=O) groups is 1. The number of carbonyl (C=O) groups excluding carboxylic acids is 1. The van der Waals surface area contributed by atoms with Crippen LogP contribution in [0.25, 0.3) is 5.95 Å². The third kappa shape index (κ3) is 3.65. The molecule has 3 N–H and O–H groups in total. The number of likely N-dealkylation sites (N-methyl/N-ethyl adjacent to an activating group) is 1. The van der Waals surface area contributed by atoms with Crippen molar-refractivity contribution in [3.8, 4) is 5.95 Å². The first-order valence-corrected chi connectivity index (χ1v) is 6.65. The minimum Gasteiger partial charge on any atom is -0.368 e. The minimum atomic E-state index is -0.0248. The van der Waals surface area contributed by atoms with E-state index in [9.17, 15) is 4.79 Å². The Morgan fingerprint density at radius 2 is 2.10 bits per heavy atom. The summed E-state index contributed by atoms with van der Waals surface area (Å²) in [5.74, 6) is 0.652. The minimum absolute atomic E-state index is 0.0248. The van der Waals surface area contributed by atoms with E-state index in [0.717, 1.165) is 0 Å². The molecule has 9 nitrogen and oxygen atoms in total. The van der Waals surface area contributed by atoms with E-state index in [2.05, 4.69) is 25.3 Å². The first kappa shape index (κ1) is 14.7. The highest BCUT2D eigenvalue weighted by molar-refractivity contribution is 5.80. The number of nitrogen functional groups attached to an aromatic ring is 1. The number of rotatable bonds is 6. The molecule has 0 aromatic carbocycles. The SMILES string of the molecule is CCN(CC)C(=O)CNc1nc(N)nc(-n2ccnc2)n1. The molecule has 0 bridgehead atoms. The van der Waals surface area contributed by atoms with Crippen LogP contribution in [0, 0.1) is 0 Å². The number of hydrogen-bond acceptors (Lipinski definition) is 7. The molecule has 0 spiro atoms. The molecule has 0 unspecified atom stereocenters.